The van der Waals surface area contributed by atoms with E-state index in [0.717, 1.165) is 55.3 Å². The van der Waals surface area contributed by atoms with Gasteiger partial charge in [0, 0.05) is 11.6 Å². The second-order valence-corrected chi connectivity index (χ2v) is 11.3. The van der Waals surface area contributed by atoms with Crippen molar-refractivity contribution in [1.29, 1.82) is 0 Å². The highest BCUT2D eigenvalue weighted by Gasteiger charge is 2.39. The zero-order valence-electron chi connectivity index (χ0n) is 18.3. The van der Waals surface area contributed by atoms with Gasteiger partial charge in [0.15, 0.2) is 4.90 Å². The lowest BCUT2D eigenvalue weighted by Gasteiger charge is -2.38. The van der Waals surface area contributed by atoms with Crippen LogP contribution in [-0.2, 0) is 42.3 Å². The van der Waals surface area contributed by atoms with Crippen molar-refractivity contribution in [2.45, 2.75) is 69.0 Å². The molecule has 2 amide bonds. The first kappa shape index (κ1) is 20.9. The summed E-state index contributed by atoms with van der Waals surface area (Å²) in [7, 11) is -4.17. The molecule has 0 bridgehead atoms. The fourth-order valence-corrected chi connectivity index (χ4v) is 6.80. The van der Waals surface area contributed by atoms with Crippen molar-refractivity contribution in [2.75, 3.05) is 11.9 Å². The summed E-state index contributed by atoms with van der Waals surface area (Å²) in [5, 5.41) is 7.02. The number of sulfonamides is 1. The van der Waals surface area contributed by atoms with Gasteiger partial charge in [-0.15, -0.1) is 0 Å². The maximum atomic E-state index is 13.2. The number of aromatic nitrogens is 2. The number of aryl methyl sites for hydroxylation is 2. The monoisotopic (exact) mass is 474 g/mol. The van der Waals surface area contributed by atoms with Crippen molar-refractivity contribution in [3.63, 3.8) is 0 Å². The number of urea groups is 1. The van der Waals surface area contributed by atoms with Crippen molar-refractivity contribution < 1.29 is 22.3 Å². The Hall–Kier alpha value is -2.62. The number of anilines is 1. The van der Waals surface area contributed by atoms with Crippen LogP contribution in [0.4, 0.5) is 14.9 Å². The maximum Gasteiger partial charge on any atom is 0.333 e. The Labute approximate surface area is 191 Å². The molecule has 1 saturated carbocycles. The summed E-state index contributed by atoms with van der Waals surface area (Å²) in [4.78, 5) is 12.6. The van der Waals surface area contributed by atoms with Crippen LogP contribution in [0.25, 0.3) is 0 Å². The van der Waals surface area contributed by atoms with Crippen LogP contribution in [-0.4, -0.2) is 37.0 Å². The van der Waals surface area contributed by atoms with Gasteiger partial charge in [-0.1, -0.05) is 6.07 Å². The molecule has 8 nitrogen and oxygen atoms in total. The first-order valence-electron chi connectivity index (χ1n) is 11.7. The smallest absolute Gasteiger partial charge is 0.333 e. The van der Waals surface area contributed by atoms with Gasteiger partial charge < -0.3 is 10.1 Å². The van der Waals surface area contributed by atoms with Gasteiger partial charge in [0.25, 0.3) is 10.0 Å². The number of alkyl halides is 1. The number of hydrogen-bond donors (Lipinski definition) is 2. The van der Waals surface area contributed by atoms with E-state index in [0.29, 0.717) is 26.0 Å². The van der Waals surface area contributed by atoms with E-state index in [1.165, 1.54) is 22.0 Å². The fourth-order valence-electron chi connectivity index (χ4n) is 5.82. The molecule has 1 fully saturated rings. The summed E-state index contributed by atoms with van der Waals surface area (Å²) in [6, 6.07) is 1.48. The average molecular weight is 475 g/mol. The van der Waals surface area contributed by atoms with Gasteiger partial charge in [-0.05, 0) is 79.5 Å². The molecule has 2 aromatic rings. The Kier molecular flexibility index (Phi) is 4.90. The lowest BCUT2D eigenvalue weighted by molar-refractivity contribution is 0.0294. The molecule has 1 aliphatic heterocycles. The highest BCUT2D eigenvalue weighted by Crippen LogP contribution is 2.41. The van der Waals surface area contributed by atoms with E-state index in [1.807, 2.05) is 0 Å². The predicted molar refractivity (Wildman–Crippen MR) is 119 cm³/mol. The van der Waals surface area contributed by atoms with Crippen LogP contribution in [0.5, 0.6) is 5.88 Å². The van der Waals surface area contributed by atoms with E-state index in [1.54, 1.807) is 0 Å². The van der Waals surface area contributed by atoms with Gasteiger partial charge >= 0.3 is 6.03 Å². The summed E-state index contributed by atoms with van der Waals surface area (Å²) in [6.45, 7) is 0.802. The standard InChI is InChI=1S/C23H27FN4O4S/c24-17-8-15(9-17)16-11-28-22(32-12-16)20(10-25-28)33(30,31)27-23(29)26-21-18-5-1-3-13(18)7-14-4-2-6-19(14)21/h7,10,15-17H,1-6,8-9,11-12H2,(H2,26,27,29). The maximum absolute atomic E-state index is 13.2. The van der Waals surface area contributed by atoms with Crippen LogP contribution in [0.15, 0.2) is 17.2 Å². The molecule has 0 radical (unpaired) electrons. The van der Waals surface area contributed by atoms with Gasteiger partial charge in [-0.2, -0.15) is 5.10 Å². The minimum atomic E-state index is -4.17. The normalized spacial score (nSPS) is 25.4. The Morgan fingerprint density at radius 2 is 1.79 bits per heavy atom. The van der Waals surface area contributed by atoms with Gasteiger partial charge in [0.1, 0.15) is 6.17 Å². The van der Waals surface area contributed by atoms with Crippen LogP contribution in [0.2, 0.25) is 0 Å². The Balaban J connectivity index is 1.19. The molecule has 176 valence electrons. The lowest BCUT2D eigenvalue weighted by atomic mass is 9.74. The third-order valence-corrected chi connectivity index (χ3v) is 8.93. The average Bonchev–Trinajstić information content (AvgIpc) is 3.49. The summed E-state index contributed by atoms with van der Waals surface area (Å²) < 4.78 is 48.6. The van der Waals surface area contributed by atoms with Gasteiger partial charge in [0.05, 0.1) is 19.3 Å². The Morgan fingerprint density at radius 1 is 1.09 bits per heavy atom. The number of fused-ring (bicyclic) bond motifs is 3. The molecule has 33 heavy (non-hydrogen) atoms. The first-order chi connectivity index (χ1) is 15.9. The van der Waals surface area contributed by atoms with Crippen LogP contribution >= 0.6 is 0 Å². The summed E-state index contributed by atoms with van der Waals surface area (Å²) in [6.07, 6.45) is 7.34. The van der Waals surface area contributed by atoms with Gasteiger partial charge in [-0.3, -0.25) is 0 Å². The topological polar surface area (TPSA) is 102 Å². The second-order valence-electron chi connectivity index (χ2n) is 9.69. The number of nitrogens with one attached hydrogen (secondary N) is 2. The lowest BCUT2D eigenvalue weighted by Crippen LogP contribution is -2.39. The van der Waals surface area contributed by atoms with Crippen LogP contribution in [0.3, 0.4) is 0 Å². The minimum Gasteiger partial charge on any atom is -0.476 e. The molecule has 3 aliphatic carbocycles. The number of halogens is 1. The molecule has 1 unspecified atom stereocenters. The second kappa shape index (κ2) is 7.72. The fraction of sp³-hybridized carbons (Fsp3) is 0.565. The van der Waals surface area contributed by atoms with E-state index in [2.05, 4.69) is 21.2 Å². The van der Waals surface area contributed by atoms with Crippen LogP contribution in [0, 0.1) is 11.8 Å². The molecule has 1 atom stereocenters. The summed E-state index contributed by atoms with van der Waals surface area (Å²) >= 11 is 0. The number of hydrogen-bond acceptors (Lipinski definition) is 5. The highest BCUT2D eigenvalue weighted by atomic mass is 32.2. The molecule has 10 heteroatoms. The van der Waals surface area contributed by atoms with Crippen LogP contribution in [0.1, 0.15) is 47.9 Å². The number of carbonyl (C=O) groups excluding carboxylic acids is 1. The highest BCUT2D eigenvalue weighted by molar-refractivity contribution is 7.90. The number of ether oxygens (including phenoxy) is 1. The van der Waals surface area contributed by atoms with E-state index in [4.69, 9.17) is 4.74 Å². The van der Waals surface area contributed by atoms with Crippen molar-refractivity contribution in [3.8, 4) is 5.88 Å². The Morgan fingerprint density at radius 3 is 2.45 bits per heavy atom. The predicted octanol–water partition coefficient (Wildman–Crippen LogP) is 3.13. The van der Waals surface area contributed by atoms with Crippen LogP contribution < -0.4 is 14.8 Å². The molecule has 6 rings (SSSR count). The molecule has 1 aromatic carbocycles. The van der Waals surface area contributed by atoms with E-state index >= 15 is 0 Å². The van der Waals surface area contributed by atoms with Crippen molar-refractivity contribution in [2.24, 2.45) is 11.8 Å². The van der Waals surface area contributed by atoms with Crippen molar-refractivity contribution >= 4 is 21.7 Å². The van der Waals surface area contributed by atoms with E-state index < -0.39 is 22.2 Å². The largest absolute Gasteiger partial charge is 0.476 e. The van der Waals surface area contributed by atoms with Crippen molar-refractivity contribution in [3.05, 3.63) is 34.5 Å². The van der Waals surface area contributed by atoms with E-state index in [-0.39, 0.29) is 22.6 Å². The quantitative estimate of drug-likeness (QED) is 0.709. The third kappa shape index (κ3) is 3.59. The van der Waals surface area contributed by atoms with E-state index in [9.17, 15) is 17.6 Å². The molecule has 4 aliphatic rings. The molecule has 1 aromatic heterocycles. The molecular weight excluding hydrogens is 447 g/mol. The minimum absolute atomic E-state index is 0.110. The molecular formula is C23H27FN4O4S. The SMILES string of the molecule is O=C(Nc1c2c(cc3c1CCC3)CCC2)NS(=O)(=O)c1cnn2c1OCC(C1CC(F)C1)C2. The zero-order chi connectivity index (χ0) is 22.7. The first-order valence-corrected chi connectivity index (χ1v) is 13.2. The molecule has 0 spiro atoms. The van der Waals surface area contributed by atoms with Gasteiger partial charge in [0.2, 0.25) is 5.88 Å². The van der Waals surface area contributed by atoms with Crippen molar-refractivity contribution in [1.82, 2.24) is 14.5 Å². The summed E-state index contributed by atoms with van der Waals surface area (Å²) in [5.41, 5.74) is 5.56. The summed E-state index contributed by atoms with van der Waals surface area (Å²) in [5.74, 6) is 0.471. The number of nitrogens with zero attached hydrogens (tertiary/aromatic N) is 2. The third-order valence-electron chi connectivity index (χ3n) is 7.61. The molecule has 0 saturated heterocycles. The number of amides is 2. The number of rotatable bonds is 4. The number of benzene rings is 1. The number of carbonyl (C=O) groups is 1. The molecule has 2 N–H and O–H groups in total. The molecule has 2 heterocycles. The van der Waals surface area contributed by atoms with Gasteiger partial charge in [-0.25, -0.2) is 27.0 Å². The Bertz CT molecular complexity index is 1200. The zero-order valence-corrected chi connectivity index (χ0v) is 19.1.